The molecule has 0 saturated heterocycles. The molecule has 1 aromatic heterocycles. The first-order valence-corrected chi connectivity index (χ1v) is 7.98. The average molecular weight is 357 g/mol. The van der Waals surface area contributed by atoms with Gasteiger partial charge in [-0.3, -0.25) is 4.79 Å². The topological polar surface area (TPSA) is 69.0 Å². The summed E-state index contributed by atoms with van der Waals surface area (Å²) in [5.74, 6) is 0.991. The Bertz CT molecular complexity index is 688. The molecule has 1 aromatic carbocycles. The molecule has 0 aliphatic carbocycles. The van der Waals surface area contributed by atoms with Crippen LogP contribution in [0.25, 0.3) is 11.4 Å². The summed E-state index contributed by atoms with van der Waals surface area (Å²) in [6.07, 6.45) is 0. The Labute approximate surface area is 144 Å². The molecule has 0 atom stereocenters. The van der Waals surface area contributed by atoms with Crippen molar-refractivity contribution in [2.24, 2.45) is 0 Å². The molecule has 0 spiro atoms. The second-order valence-corrected chi connectivity index (χ2v) is 5.63. The van der Waals surface area contributed by atoms with E-state index >= 15 is 0 Å². The lowest BCUT2D eigenvalue weighted by Crippen LogP contribution is -2.31. The highest BCUT2D eigenvalue weighted by Gasteiger charge is 2.14. The maximum Gasteiger partial charge on any atom is 0.241 e. The normalized spacial score (nSPS) is 10.8. The number of hydrogen-bond donors (Lipinski definition) is 1. The Morgan fingerprint density at radius 3 is 2.83 bits per heavy atom. The Morgan fingerprint density at radius 2 is 2.13 bits per heavy atom. The molecule has 8 heteroatoms. The number of ether oxygens (including phenoxy) is 1. The smallest absolute Gasteiger partial charge is 0.241 e. The Hall–Kier alpha value is -1.63. The predicted octanol–water partition coefficient (Wildman–Crippen LogP) is 2.71. The third kappa shape index (κ3) is 4.92. The first kappa shape index (κ1) is 17.7. The van der Waals surface area contributed by atoms with Gasteiger partial charge in [0.2, 0.25) is 5.91 Å². The summed E-state index contributed by atoms with van der Waals surface area (Å²) in [5.41, 5.74) is 0.752. The summed E-state index contributed by atoms with van der Waals surface area (Å²) in [6, 6.07) is 5.19. The first-order chi connectivity index (χ1) is 11.0. The standard InChI is InChI=1S/C15H18Cl2N4O2/c1-3-23-7-6-18-14(22)9-21-15(19-10(2)20-21)11-4-5-12(16)13(17)8-11/h4-5,8H,3,6-7,9H2,1-2H3,(H,18,22). The van der Waals surface area contributed by atoms with Crippen molar-refractivity contribution in [2.75, 3.05) is 19.8 Å². The van der Waals surface area contributed by atoms with Gasteiger partial charge in [0.25, 0.3) is 0 Å². The molecular weight excluding hydrogens is 339 g/mol. The van der Waals surface area contributed by atoms with Crippen molar-refractivity contribution >= 4 is 29.1 Å². The van der Waals surface area contributed by atoms with Crippen LogP contribution in [-0.2, 0) is 16.1 Å². The Morgan fingerprint density at radius 1 is 1.35 bits per heavy atom. The van der Waals surface area contributed by atoms with Crippen LogP contribution >= 0.6 is 23.2 Å². The van der Waals surface area contributed by atoms with Gasteiger partial charge < -0.3 is 10.1 Å². The van der Waals surface area contributed by atoms with E-state index in [2.05, 4.69) is 15.4 Å². The minimum atomic E-state index is -0.157. The van der Waals surface area contributed by atoms with E-state index in [0.29, 0.717) is 41.5 Å². The van der Waals surface area contributed by atoms with Crippen molar-refractivity contribution < 1.29 is 9.53 Å². The summed E-state index contributed by atoms with van der Waals surface area (Å²) in [7, 11) is 0. The van der Waals surface area contributed by atoms with Gasteiger partial charge >= 0.3 is 0 Å². The zero-order chi connectivity index (χ0) is 16.8. The minimum Gasteiger partial charge on any atom is -0.380 e. The lowest BCUT2D eigenvalue weighted by atomic mass is 10.2. The molecule has 2 aromatic rings. The maximum atomic E-state index is 12.0. The lowest BCUT2D eigenvalue weighted by molar-refractivity contribution is -0.122. The minimum absolute atomic E-state index is 0.0720. The van der Waals surface area contributed by atoms with Crippen LogP contribution < -0.4 is 5.32 Å². The van der Waals surface area contributed by atoms with Crippen LogP contribution in [0, 0.1) is 6.92 Å². The molecule has 0 saturated carbocycles. The number of hydrogen-bond acceptors (Lipinski definition) is 4. The Kier molecular flexibility index (Phi) is 6.38. The quantitative estimate of drug-likeness (QED) is 0.774. The zero-order valence-electron chi connectivity index (χ0n) is 13.0. The van der Waals surface area contributed by atoms with Gasteiger partial charge in [0.05, 0.1) is 16.7 Å². The molecule has 1 N–H and O–H groups in total. The number of carbonyl (C=O) groups excluding carboxylic acids is 1. The van der Waals surface area contributed by atoms with Gasteiger partial charge in [0.1, 0.15) is 12.4 Å². The van der Waals surface area contributed by atoms with Crippen molar-refractivity contribution in [1.29, 1.82) is 0 Å². The Balaban J connectivity index is 2.11. The van der Waals surface area contributed by atoms with E-state index in [9.17, 15) is 4.79 Å². The van der Waals surface area contributed by atoms with Crippen molar-refractivity contribution in [2.45, 2.75) is 20.4 Å². The van der Waals surface area contributed by atoms with Crippen LogP contribution in [0.2, 0.25) is 10.0 Å². The van der Waals surface area contributed by atoms with Crippen LogP contribution in [0.3, 0.4) is 0 Å². The molecule has 23 heavy (non-hydrogen) atoms. The molecule has 0 fully saturated rings. The van der Waals surface area contributed by atoms with Gasteiger partial charge in [-0.05, 0) is 32.0 Å². The van der Waals surface area contributed by atoms with Crippen molar-refractivity contribution in [3.05, 3.63) is 34.1 Å². The van der Waals surface area contributed by atoms with E-state index in [0.717, 1.165) is 5.56 Å². The number of aromatic nitrogens is 3. The number of nitrogens with zero attached hydrogens (tertiary/aromatic N) is 3. The SMILES string of the molecule is CCOCCNC(=O)Cn1nc(C)nc1-c1ccc(Cl)c(Cl)c1. The van der Waals surface area contributed by atoms with Gasteiger partial charge in [-0.15, -0.1) is 0 Å². The predicted molar refractivity (Wildman–Crippen MR) is 89.7 cm³/mol. The highest BCUT2D eigenvalue weighted by molar-refractivity contribution is 6.42. The molecule has 1 amide bonds. The van der Waals surface area contributed by atoms with Crippen molar-refractivity contribution in [1.82, 2.24) is 20.1 Å². The van der Waals surface area contributed by atoms with Gasteiger partial charge in [0.15, 0.2) is 5.82 Å². The summed E-state index contributed by atoms with van der Waals surface area (Å²) in [6.45, 7) is 5.32. The van der Waals surface area contributed by atoms with E-state index in [1.54, 1.807) is 29.8 Å². The first-order valence-electron chi connectivity index (χ1n) is 7.22. The summed E-state index contributed by atoms with van der Waals surface area (Å²) >= 11 is 12.0. The van der Waals surface area contributed by atoms with Crippen LogP contribution in [0.4, 0.5) is 0 Å². The second kappa shape index (κ2) is 8.29. The molecule has 0 aliphatic heterocycles. The van der Waals surface area contributed by atoms with Crippen LogP contribution in [-0.4, -0.2) is 40.4 Å². The molecular formula is C15H18Cl2N4O2. The summed E-state index contributed by atoms with van der Waals surface area (Å²) in [5, 5.41) is 7.93. The average Bonchev–Trinajstić information content (AvgIpc) is 2.87. The third-order valence-corrected chi connectivity index (χ3v) is 3.76. The number of amides is 1. The molecule has 0 unspecified atom stereocenters. The number of rotatable bonds is 7. The number of halogens is 2. The molecule has 0 radical (unpaired) electrons. The fourth-order valence-electron chi connectivity index (χ4n) is 2.01. The van der Waals surface area contributed by atoms with E-state index in [-0.39, 0.29) is 12.5 Å². The monoisotopic (exact) mass is 356 g/mol. The van der Waals surface area contributed by atoms with Crippen LogP contribution in [0.15, 0.2) is 18.2 Å². The van der Waals surface area contributed by atoms with Crippen molar-refractivity contribution in [3.8, 4) is 11.4 Å². The fourth-order valence-corrected chi connectivity index (χ4v) is 2.31. The largest absolute Gasteiger partial charge is 0.380 e. The van der Waals surface area contributed by atoms with E-state index in [4.69, 9.17) is 27.9 Å². The van der Waals surface area contributed by atoms with Gasteiger partial charge in [-0.1, -0.05) is 23.2 Å². The summed E-state index contributed by atoms with van der Waals surface area (Å²) < 4.78 is 6.73. The highest BCUT2D eigenvalue weighted by Crippen LogP contribution is 2.27. The van der Waals surface area contributed by atoms with Crippen LogP contribution in [0.5, 0.6) is 0 Å². The molecule has 0 aliphatic rings. The van der Waals surface area contributed by atoms with Crippen molar-refractivity contribution in [3.63, 3.8) is 0 Å². The van der Waals surface area contributed by atoms with E-state index < -0.39 is 0 Å². The number of aryl methyl sites for hydroxylation is 1. The molecule has 2 rings (SSSR count). The number of benzene rings is 1. The van der Waals surface area contributed by atoms with Gasteiger partial charge in [0, 0.05) is 18.7 Å². The molecule has 6 nitrogen and oxygen atoms in total. The lowest BCUT2D eigenvalue weighted by Gasteiger charge is -2.08. The summed E-state index contributed by atoms with van der Waals surface area (Å²) in [4.78, 5) is 16.3. The highest BCUT2D eigenvalue weighted by atomic mass is 35.5. The molecule has 124 valence electrons. The fraction of sp³-hybridized carbons (Fsp3) is 0.400. The third-order valence-electron chi connectivity index (χ3n) is 3.02. The van der Waals surface area contributed by atoms with E-state index in [1.807, 2.05) is 6.92 Å². The van der Waals surface area contributed by atoms with E-state index in [1.165, 1.54) is 0 Å². The number of carbonyl (C=O) groups is 1. The van der Waals surface area contributed by atoms with Gasteiger partial charge in [-0.2, -0.15) is 5.10 Å². The molecule has 0 bridgehead atoms. The number of nitrogens with one attached hydrogen (secondary N) is 1. The zero-order valence-corrected chi connectivity index (χ0v) is 14.5. The maximum absolute atomic E-state index is 12.0. The van der Waals surface area contributed by atoms with Gasteiger partial charge in [-0.25, -0.2) is 9.67 Å². The van der Waals surface area contributed by atoms with Crippen LogP contribution in [0.1, 0.15) is 12.7 Å². The second-order valence-electron chi connectivity index (χ2n) is 4.82. The molecule has 1 heterocycles.